The average molecular weight is 136 g/mol. The fourth-order valence-electron chi connectivity index (χ4n) is 0.850. The molecule has 0 aromatic carbocycles. The smallest absolute Gasteiger partial charge is 0.00533 e. The monoisotopic (exact) mass is 136 g/mol. The Balaban J connectivity index is 3.59. The Morgan fingerprint density at radius 3 is 2.50 bits per heavy atom. The fourth-order valence-corrected chi connectivity index (χ4v) is 0.850. The van der Waals surface area contributed by atoms with Gasteiger partial charge in [-0.25, -0.2) is 0 Å². The van der Waals surface area contributed by atoms with Crippen LogP contribution in [-0.2, 0) is 0 Å². The first-order valence-corrected chi connectivity index (χ1v) is 3.71. The quantitative estimate of drug-likeness (QED) is 0.508. The van der Waals surface area contributed by atoms with Gasteiger partial charge < -0.3 is 0 Å². The van der Waals surface area contributed by atoms with E-state index in [-0.39, 0.29) is 0 Å². The second kappa shape index (κ2) is 6.34. The largest absolute Gasteiger partial charge is 0.103 e. The molecular weight excluding hydrogens is 120 g/mol. The van der Waals surface area contributed by atoms with Crippen LogP contribution in [0.2, 0.25) is 0 Å². The van der Waals surface area contributed by atoms with Crippen molar-refractivity contribution in [2.75, 3.05) is 0 Å². The molecule has 0 aliphatic rings. The van der Waals surface area contributed by atoms with E-state index < -0.39 is 0 Å². The van der Waals surface area contributed by atoms with E-state index in [1.54, 1.807) is 0 Å². The normalized spacial score (nSPS) is 13.3. The lowest BCUT2D eigenvalue weighted by atomic mass is 10.0. The van der Waals surface area contributed by atoms with Crippen molar-refractivity contribution in [3.8, 4) is 0 Å². The van der Waals surface area contributed by atoms with Crippen LogP contribution in [0.4, 0.5) is 0 Å². The van der Waals surface area contributed by atoms with E-state index in [0.29, 0.717) is 5.92 Å². The second-order valence-electron chi connectivity index (χ2n) is 2.29. The SMILES string of the molecule is C=CCCC(C=C)/C=C/C. The van der Waals surface area contributed by atoms with Gasteiger partial charge in [0.2, 0.25) is 0 Å². The minimum atomic E-state index is 0.531. The summed E-state index contributed by atoms with van der Waals surface area (Å²) in [6.07, 6.45) is 10.4. The summed E-state index contributed by atoms with van der Waals surface area (Å²) >= 11 is 0. The van der Waals surface area contributed by atoms with Gasteiger partial charge >= 0.3 is 0 Å². The van der Waals surface area contributed by atoms with Gasteiger partial charge in [-0.3, -0.25) is 0 Å². The zero-order valence-electron chi connectivity index (χ0n) is 6.72. The fraction of sp³-hybridized carbons (Fsp3) is 0.400. The van der Waals surface area contributed by atoms with Crippen molar-refractivity contribution in [2.24, 2.45) is 5.92 Å². The zero-order chi connectivity index (χ0) is 7.82. The third-order valence-electron chi connectivity index (χ3n) is 1.45. The van der Waals surface area contributed by atoms with E-state index in [9.17, 15) is 0 Å². The molecule has 56 valence electrons. The lowest BCUT2D eigenvalue weighted by Gasteiger charge is -2.02. The first kappa shape index (κ1) is 9.22. The molecular formula is C10H16. The highest BCUT2D eigenvalue weighted by Gasteiger charge is 1.94. The Bertz CT molecular complexity index is 120. The van der Waals surface area contributed by atoms with Crippen LogP contribution in [0.5, 0.6) is 0 Å². The van der Waals surface area contributed by atoms with Gasteiger partial charge in [0.25, 0.3) is 0 Å². The zero-order valence-corrected chi connectivity index (χ0v) is 6.72. The van der Waals surface area contributed by atoms with Gasteiger partial charge in [0.15, 0.2) is 0 Å². The van der Waals surface area contributed by atoms with Crippen LogP contribution >= 0.6 is 0 Å². The highest BCUT2D eigenvalue weighted by Crippen LogP contribution is 2.08. The van der Waals surface area contributed by atoms with Gasteiger partial charge in [-0.2, -0.15) is 0 Å². The maximum atomic E-state index is 3.75. The highest BCUT2D eigenvalue weighted by atomic mass is 14.0. The minimum Gasteiger partial charge on any atom is -0.103 e. The molecule has 0 radical (unpaired) electrons. The van der Waals surface area contributed by atoms with E-state index in [1.165, 1.54) is 0 Å². The first-order valence-electron chi connectivity index (χ1n) is 3.71. The van der Waals surface area contributed by atoms with Crippen LogP contribution in [0.25, 0.3) is 0 Å². The van der Waals surface area contributed by atoms with Crippen LogP contribution in [0.15, 0.2) is 37.5 Å². The Hall–Kier alpha value is -0.780. The Labute approximate surface area is 64.0 Å². The van der Waals surface area contributed by atoms with Crippen molar-refractivity contribution in [3.05, 3.63) is 37.5 Å². The molecule has 0 rings (SSSR count). The van der Waals surface area contributed by atoms with Gasteiger partial charge in [-0.1, -0.05) is 24.3 Å². The van der Waals surface area contributed by atoms with E-state index in [4.69, 9.17) is 0 Å². The van der Waals surface area contributed by atoms with Crippen molar-refractivity contribution in [1.29, 1.82) is 0 Å². The third-order valence-corrected chi connectivity index (χ3v) is 1.45. The van der Waals surface area contributed by atoms with Crippen LogP contribution < -0.4 is 0 Å². The summed E-state index contributed by atoms with van der Waals surface area (Å²) < 4.78 is 0. The molecule has 0 aliphatic heterocycles. The standard InChI is InChI=1S/C10H16/c1-4-7-9-10(6-3)8-5-2/h4-6,8,10H,1,3,7,9H2,2H3/b8-5+. The Morgan fingerprint density at radius 2 is 2.10 bits per heavy atom. The van der Waals surface area contributed by atoms with Gasteiger partial charge in [0.1, 0.15) is 0 Å². The summed E-state index contributed by atoms with van der Waals surface area (Å²) in [5.74, 6) is 0.531. The predicted octanol–water partition coefficient (Wildman–Crippen LogP) is 3.33. The lowest BCUT2D eigenvalue weighted by molar-refractivity contribution is 0.723. The summed E-state index contributed by atoms with van der Waals surface area (Å²) in [6.45, 7) is 9.45. The molecule has 0 aliphatic carbocycles. The summed E-state index contributed by atoms with van der Waals surface area (Å²) in [4.78, 5) is 0. The van der Waals surface area contributed by atoms with Crippen molar-refractivity contribution in [2.45, 2.75) is 19.8 Å². The summed E-state index contributed by atoms with van der Waals surface area (Å²) in [7, 11) is 0. The van der Waals surface area contributed by atoms with Crippen molar-refractivity contribution in [1.82, 2.24) is 0 Å². The molecule has 0 amide bonds. The molecule has 0 saturated carbocycles. The van der Waals surface area contributed by atoms with Crippen molar-refractivity contribution < 1.29 is 0 Å². The number of hydrogen-bond acceptors (Lipinski definition) is 0. The molecule has 0 saturated heterocycles. The van der Waals surface area contributed by atoms with Crippen LogP contribution in [-0.4, -0.2) is 0 Å². The predicted molar refractivity (Wildman–Crippen MR) is 47.9 cm³/mol. The molecule has 0 heterocycles. The molecule has 1 unspecified atom stereocenters. The number of rotatable bonds is 5. The topological polar surface area (TPSA) is 0 Å². The Kier molecular flexibility index (Phi) is 5.85. The van der Waals surface area contributed by atoms with Crippen LogP contribution in [0, 0.1) is 5.92 Å². The van der Waals surface area contributed by atoms with Crippen molar-refractivity contribution >= 4 is 0 Å². The van der Waals surface area contributed by atoms with Gasteiger partial charge in [-0.15, -0.1) is 13.2 Å². The molecule has 0 nitrogen and oxygen atoms in total. The summed E-state index contributed by atoms with van der Waals surface area (Å²) in [5.41, 5.74) is 0. The molecule has 0 aromatic heterocycles. The van der Waals surface area contributed by atoms with Gasteiger partial charge in [0.05, 0.1) is 0 Å². The molecule has 10 heavy (non-hydrogen) atoms. The lowest BCUT2D eigenvalue weighted by Crippen LogP contribution is -1.88. The molecule has 0 N–H and O–H groups in total. The van der Waals surface area contributed by atoms with Gasteiger partial charge in [0, 0.05) is 0 Å². The van der Waals surface area contributed by atoms with E-state index in [0.717, 1.165) is 12.8 Å². The van der Waals surface area contributed by atoms with E-state index >= 15 is 0 Å². The maximum absolute atomic E-state index is 3.75. The van der Waals surface area contributed by atoms with Crippen molar-refractivity contribution in [3.63, 3.8) is 0 Å². The molecule has 0 aromatic rings. The minimum absolute atomic E-state index is 0.531. The van der Waals surface area contributed by atoms with Crippen LogP contribution in [0.1, 0.15) is 19.8 Å². The second-order valence-corrected chi connectivity index (χ2v) is 2.29. The molecule has 0 bridgehead atoms. The Morgan fingerprint density at radius 1 is 1.40 bits per heavy atom. The molecule has 0 spiro atoms. The summed E-state index contributed by atoms with van der Waals surface area (Å²) in [5, 5.41) is 0. The number of allylic oxidation sites excluding steroid dienone is 4. The highest BCUT2D eigenvalue weighted by molar-refractivity contribution is 4.96. The molecule has 0 heteroatoms. The molecule has 0 fully saturated rings. The van der Waals surface area contributed by atoms with Crippen LogP contribution in [0.3, 0.4) is 0 Å². The molecule has 1 atom stereocenters. The van der Waals surface area contributed by atoms with E-state index in [2.05, 4.69) is 25.3 Å². The first-order chi connectivity index (χ1) is 4.85. The average Bonchev–Trinajstić information content (AvgIpc) is 1.98. The summed E-state index contributed by atoms with van der Waals surface area (Å²) in [6, 6.07) is 0. The van der Waals surface area contributed by atoms with E-state index in [1.807, 2.05) is 19.1 Å². The van der Waals surface area contributed by atoms with Gasteiger partial charge in [-0.05, 0) is 25.7 Å². The maximum Gasteiger partial charge on any atom is -0.00533 e. The third kappa shape index (κ3) is 4.13. The number of hydrogen-bond donors (Lipinski definition) is 0.